The number of nitrogens with one attached hydrogen (secondary N) is 1. The Morgan fingerprint density at radius 1 is 1.27 bits per heavy atom. The summed E-state index contributed by atoms with van der Waals surface area (Å²) in [5.74, 6) is 0.211. The number of hydrogen-bond donors (Lipinski definition) is 1. The molecule has 1 amide bonds. The zero-order valence-corrected chi connectivity index (χ0v) is 19.4. The number of nitriles is 1. The van der Waals surface area contributed by atoms with E-state index in [0.29, 0.717) is 13.0 Å². The molecule has 0 radical (unpaired) electrons. The normalized spacial score (nSPS) is 10.6. The highest BCUT2D eigenvalue weighted by molar-refractivity contribution is 8.01. The van der Waals surface area contributed by atoms with Gasteiger partial charge < -0.3 is 10.2 Å². The molecule has 6 nitrogen and oxygen atoms in total. The van der Waals surface area contributed by atoms with Gasteiger partial charge in [0, 0.05) is 23.7 Å². The highest BCUT2D eigenvalue weighted by atomic mass is 32.2. The average Bonchev–Trinajstić information content (AvgIpc) is 3.41. The molecule has 30 heavy (non-hydrogen) atoms. The fourth-order valence-electron chi connectivity index (χ4n) is 2.74. The number of thiophene rings is 1. The molecule has 2 aromatic heterocycles. The maximum atomic E-state index is 12.9. The van der Waals surface area contributed by atoms with Gasteiger partial charge in [0.05, 0.1) is 18.2 Å². The predicted molar refractivity (Wildman–Crippen MR) is 126 cm³/mol. The molecule has 1 aromatic carbocycles. The van der Waals surface area contributed by atoms with E-state index in [1.54, 1.807) is 16.2 Å². The van der Waals surface area contributed by atoms with Crippen molar-refractivity contribution < 1.29 is 4.79 Å². The number of amides is 1. The van der Waals surface area contributed by atoms with Crippen molar-refractivity contribution in [2.75, 3.05) is 29.1 Å². The lowest BCUT2D eigenvalue weighted by molar-refractivity contribution is -0.116. The van der Waals surface area contributed by atoms with E-state index in [4.69, 9.17) is 5.26 Å². The number of carbonyl (C=O) groups excluding carboxylic acids is 1. The smallest absolute Gasteiger partial charge is 0.237 e. The standard InChI is InChI=1S/C21H23N5OS3/c1-15-6-7-17(13-16(15)2)26(11-4-9-22)19(27)14-29-21-25-24-20(30-21)23-10-8-18-5-3-12-28-18/h3,5-7,12-13H,4,8,10-11,14H2,1-2H3,(H,23,24). The van der Waals surface area contributed by atoms with E-state index in [9.17, 15) is 4.79 Å². The summed E-state index contributed by atoms with van der Waals surface area (Å²) in [6, 6.07) is 12.2. The molecule has 0 saturated heterocycles. The Kier molecular flexibility index (Phi) is 8.25. The van der Waals surface area contributed by atoms with E-state index in [-0.39, 0.29) is 11.7 Å². The lowest BCUT2D eigenvalue weighted by Crippen LogP contribution is -2.33. The van der Waals surface area contributed by atoms with Crippen LogP contribution in [0.5, 0.6) is 0 Å². The zero-order valence-electron chi connectivity index (χ0n) is 16.9. The summed E-state index contributed by atoms with van der Waals surface area (Å²) >= 11 is 4.57. The number of aromatic nitrogens is 2. The number of carbonyl (C=O) groups is 1. The second kappa shape index (κ2) is 11.1. The fraction of sp³-hybridized carbons (Fsp3) is 0.333. The average molecular weight is 458 g/mol. The molecule has 3 aromatic rings. The van der Waals surface area contributed by atoms with Gasteiger partial charge >= 0.3 is 0 Å². The van der Waals surface area contributed by atoms with Gasteiger partial charge in [-0.2, -0.15) is 5.26 Å². The van der Waals surface area contributed by atoms with Crippen molar-refractivity contribution in [1.82, 2.24) is 10.2 Å². The van der Waals surface area contributed by atoms with Crippen LogP contribution in [0.4, 0.5) is 10.8 Å². The lowest BCUT2D eigenvalue weighted by atomic mass is 10.1. The van der Waals surface area contributed by atoms with Crippen LogP contribution in [0.25, 0.3) is 0 Å². The molecule has 0 aliphatic rings. The molecule has 9 heteroatoms. The van der Waals surface area contributed by atoms with E-state index in [1.807, 2.05) is 32.0 Å². The van der Waals surface area contributed by atoms with E-state index >= 15 is 0 Å². The predicted octanol–water partition coefficient (Wildman–Crippen LogP) is 4.91. The largest absolute Gasteiger partial charge is 0.360 e. The van der Waals surface area contributed by atoms with Gasteiger partial charge in [-0.1, -0.05) is 35.2 Å². The molecule has 3 rings (SSSR count). The van der Waals surface area contributed by atoms with E-state index in [2.05, 4.69) is 39.1 Å². The Balaban J connectivity index is 1.55. The zero-order chi connectivity index (χ0) is 21.3. The molecule has 0 aliphatic heterocycles. The molecule has 0 saturated carbocycles. The molecule has 0 fully saturated rings. The van der Waals surface area contributed by atoms with Crippen LogP contribution in [0.2, 0.25) is 0 Å². The molecule has 0 spiro atoms. The minimum Gasteiger partial charge on any atom is -0.360 e. The Hall–Kier alpha value is -2.41. The van der Waals surface area contributed by atoms with Gasteiger partial charge in [0.25, 0.3) is 0 Å². The van der Waals surface area contributed by atoms with Crippen molar-refractivity contribution in [1.29, 1.82) is 5.26 Å². The maximum absolute atomic E-state index is 12.9. The van der Waals surface area contributed by atoms with Crippen molar-refractivity contribution in [2.24, 2.45) is 0 Å². The van der Waals surface area contributed by atoms with Crippen LogP contribution in [-0.2, 0) is 11.2 Å². The first kappa shape index (κ1) is 22.3. The first-order chi connectivity index (χ1) is 14.6. The quantitative estimate of drug-likeness (QED) is 0.436. The molecule has 1 N–H and O–H groups in total. The molecule has 156 valence electrons. The van der Waals surface area contributed by atoms with Crippen molar-refractivity contribution in [3.63, 3.8) is 0 Å². The summed E-state index contributed by atoms with van der Waals surface area (Å²) in [6.45, 7) is 5.24. The van der Waals surface area contributed by atoms with E-state index in [1.165, 1.54) is 33.5 Å². The molecule has 2 heterocycles. The summed E-state index contributed by atoms with van der Waals surface area (Å²) in [5, 5.41) is 23.4. The third kappa shape index (κ3) is 6.29. The Morgan fingerprint density at radius 2 is 2.13 bits per heavy atom. The van der Waals surface area contributed by atoms with Gasteiger partial charge in [0.1, 0.15) is 0 Å². The number of thioether (sulfide) groups is 1. The van der Waals surface area contributed by atoms with Crippen LogP contribution in [0.15, 0.2) is 40.1 Å². The van der Waals surface area contributed by atoms with Crippen LogP contribution in [-0.4, -0.2) is 34.9 Å². The summed E-state index contributed by atoms with van der Waals surface area (Å²) < 4.78 is 0.752. The van der Waals surface area contributed by atoms with Crippen LogP contribution >= 0.6 is 34.4 Å². The SMILES string of the molecule is Cc1ccc(N(CCC#N)C(=O)CSc2nnc(NCCc3cccs3)s2)cc1C. The Morgan fingerprint density at radius 3 is 2.87 bits per heavy atom. The van der Waals surface area contributed by atoms with Crippen molar-refractivity contribution in [2.45, 2.75) is 31.0 Å². The number of benzene rings is 1. The maximum Gasteiger partial charge on any atom is 0.237 e. The number of aryl methyl sites for hydroxylation is 2. The topological polar surface area (TPSA) is 81.9 Å². The highest BCUT2D eigenvalue weighted by Crippen LogP contribution is 2.27. The van der Waals surface area contributed by atoms with Crippen LogP contribution in [0.3, 0.4) is 0 Å². The minimum absolute atomic E-state index is 0.0408. The summed E-state index contributed by atoms with van der Waals surface area (Å²) in [6.07, 6.45) is 1.24. The van der Waals surface area contributed by atoms with Gasteiger partial charge in [-0.3, -0.25) is 4.79 Å². The third-order valence-electron chi connectivity index (χ3n) is 4.50. The summed E-state index contributed by atoms with van der Waals surface area (Å²) in [4.78, 5) is 15.9. The van der Waals surface area contributed by atoms with E-state index in [0.717, 1.165) is 33.7 Å². The second-order valence-electron chi connectivity index (χ2n) is 6.64. The second-order valence-corrected chi connectivity index (χ2v) is 9.87. The monoisotopic (exact) mass is 457 g/mol. The van der Waals surface area contributed by atoms with Gasteiger partial charge in [0.15, 0.2) is 4.34 Å². The summed E-state index contributed by atoms with van der Waals surface area (Å²) in [7, 11) is 0. The van der Waals surface area contributed by atoms with Crippen molar-refractivity contribution in [3.05, 3.63) is 51.7 Å². The number of anilines is 2. The van der Waals surface area contributed by atoms with Crippen molar-refractivity contribution >= 4 is 51.2 Å². The van der Waals surface area contributed by atoms with Crippen LogP contribution in [0.1, 0.15) is 22.4 Å². The molecule has 0 bridgehead atoms. The number of hydrogen-bond acceptors (Lipinski definition) is 8. The molecule has 0 unspecified atom stereocenters. The van der Waals surface area contributed by atoms with Crippen LogP contribution < -0.4 is 10.2 Å². The number of nitrogens with zero attached hydrogens (tertiary/aromatic N) is 4. The lowest BCUT2D eigenvalue weighted by Gasteiger charge is -2.22. The molecular formula is C21H23N5OS3. The summed E-state index contributed by atoms with van der Waals surface area (Å²) in [5.41, 5.74) is 3.12. The first-order valence-electron chi connectivity index (χ1n) is 9.54. The molecule has 0 aliphatic carbocycles. The molecule has 0 atom stereocenters. The number of rotatable bonds is 10. The van der Waals surface area contributed by atoms with Gasteiger partial charge in [0.2, 0.25) is 11.0 Å². The Bertz CT molecular complexity index is 1010. The fourth-order valence-corrected chi connectivity index (χ4v) is 5.10. The molecular weight excluding hydrogens is 434 g/mol. The van der Waals surface area contributed by atoms with Gasteiger partial charge in [-0.05, 0) is 55.0 Å². The van der Waals surface area contributed by atoms with Gasteiger partial charge in [-0.25, -0.2) is 0 Å². The highest BCUT2D eigenvalue weighted by Gasteiger charge is 2.17. The minimum atomic E-state index is -0.0408. The first-order valence-corrected chi connectivity index (χ1v) is 12.2. The van der Waals surface area contributed by atoms with Gasteiger partial charge in [-0.15, -0.1) is 21.5 Å². The van der Waals surface area contributed by atoms with E-state index < -0.39 is 0 Å². The Labute approximate surface area is 189 Å². The van der Waals surface area contributed by atoms with Crippen LogP contribution in [0, 0.1) is 25.2 Å². The third-order valence-corrected chi connectivity index (χ3v) is 7.44. The van der Waals surface area contributed by atoms with Crippen molar-refractivity contribution in [3.8, 4) is 6.07 Å².